The Bertz CT molecular complexity index is 1150. The summed E-state index contributed by atoms with van der Waals surface area (Å²) < 4.78 is 15.5. The SMILES string of the molecule is Cc1cc(NC(=S)N=P(c2ccccc2)(N2CCOCC2)C(C)(C)C)n(-c2ccccc2)n1. The molecule has 33 heavy (non-hydrogen) atoms. The van der Waals surface area contributed by atoms with Gasteiger partial charge in [0.2, 0.25) is 0 Å². The molecular formula is C25H32N5OPS. The zero-order chi connectivity index (χ0) is 23.5. The summed E-state index contributed by atoms with van der Waals surface area (Å²) in [6.45, 7) is 11.9. The first kappa shape index (κ1) is 23.8. The molecule has 174 valence electrons. The summed E-state index contributed by atoms with van der Waals surface area (Å²) in [4.78, 5) is 0. The van der Waals surface area contributed by atoms with Gasteiger partial charge in [-0.15, -0.1) is 0 Å². The number of benzene rings is 2. The average Bonchev–Trinajstić information content (AvgIpc) is 3.18. The molecule has 1 unspecified atom stereocenters. The number of aryl methyl sites for hydroxylation is 1. The molecule has 1 N–H and O–H groups in total. The van der Waals surface area contributed by atoms with Crippen molar-refractivity contribution in [1.29, 1.82) is 0 Å². The van der Waals surface area contributed by atoms with Gasteiger partial charge in [0, 0.05) is 29.6 Å². The second kappa shape index (κ2) is 9.90. The van der Waals surface area contributed by atoms with Crippen molar-refractivity contribution in [3.8, 4) is 5.69 Å². The molecule has 2 aromatic carbocycles. The normalized spacial score (nSPS) is 16.7. The zero-order valence-corrected chi connectivity index (χ0v) is 21.4. The predicted octanol–water partition coefficient (Wildman–Crippen LogP) is 5.45. The molecule has 2 heterocycles. The largest absolute Gasteiger partial charge is 0.379 e. The Morgan fingerprint density at radius 3 is 2.24 bits per heavy atom. The lowest BCUT2D eigenvalue weighted by molar-refractivity contribution is 0.0738. The van der Waals surface area contributed by atoms with Crippen molar-refractivity contribution in [3.63, 3.8) is 0 Å². The fourth-order valence-corrected chi connectivity index (χ4v) is 8.94. The zero-order valence-electron chi connectivity index (χ0n) is 19.7. The van der Waals surface area contributed by atoms with Crippen LogP contribution in [0.5, 0.6) is 0 Å². The van der Waals surface area contributed by atoms with Crippen molar-refractivity contribution in [1.82, 2.24) is 14.5 Å². The van der Waals surface area contributed by atoms with Gasteiger partial charge in [-0.25, -0.2) is 9.43 Å². The summed E-state index contributed by atoms with van der Waals surface area (Å²) in [6, 6.07) is 22.7. The molecular weight excluding hydrogens is 449 g/mol. The minimum absolute atomic E-state index is 0.118. The van der Waals surface area contributed by atoms with E-state index in [4.69, 9.17) is 21.7 Å². The van der Waals surface area contributed by atoms with E-state index in [0.717, 1.165) is 30.3 Å². The van der Waals surface area contributed by atoms with Crippen LogP contribution >= 0.6 is 19.4 Å². The molecule has 8 heteroatoms. The number of thiocarbonyl (C=S) groups is 1. The molecule has 3 aromatic rings. The monoisotopic (exact) mass is 481 g/mol. The molecule has 0 spiro atoms. The van der Waals surface area contributed by atoms with Gasteiger partial charge in [0.05, 0.1) is 31.8 Å². The van der Waals surface area contributed by atoms with Gasteiger partial charge >= 0.3 is 0 Å². The maximum absolute atomic E-state index is 5.89. The Hall–Kier alpha value is -2.31. The van der Waals surface area contributed by atoms with Gasteiger partial charge in [0.1, 0.15) is 5.82 Å². The highest BCUT2D eigenvalue weighted by atomic mass is 32.1. The van der Waals surface area contributed by atoms with Crippen LogP contribution in [0.15, 0.2) is 71.5 Å². The minimum Gasteiger partial charge on any atom is -0.379 e. The molecule has 1 aromatic heterocycles. The summed E-state index contributed by atoms with van der Waals surface area (Å²) in [5, 5.41) is 9.66. The third kappa shape index (κ3) is 4.97. The van der Waals surface area contributed by atoms with E-state index in [-0.39, 0.29) is 5.16 Å². The fraction of sp³-hybridized carbons (Fsp3) is 0.360. The Balaban J connectivity index is 1.80. The van der Waals surface area contributed by atoms with Crippen LogP contribution in [0.25, 0.3) is 5.69 Å². The average molecular weight is 482 g/mol. The molecule has 0 aliphatic carbocycles. The van der Waals surface area contributed by atoms with Gasteiger partial charge in [-0.05, 0) is 31.3 Å². The highest BCUT2D eigenvalue weighted by Gasteiger charge is 2.42. The van der Waals surface area contributed by atoms with E-state index in [1.807, 2.05) is 48.0 Å². The van der Waals surface area contributed by atoms with Crippen molar-refractivity contribution in [2.24, 2.45) is 4.74 Å². The fourth-order valence-electron chi connectivity index (χ4n) is 4.35. The quantitative estimate of drug-likeness (QED) is 0.397. The van der Waals surface area contributed by atoms with E-state index < -0.39 is 7.21 Å². The molecule has 1 saturated heterocycles. The van der Waals surface area contributed by atoms with Crippen LogP contribution in [0, 0.1) is 6.92 Å². The molecule has 1 fully saturated rings. The molecule has 0 amide bonds. The minimum atomic E-state index is -2.24. The lowest BCUT2D eigenvalue weighted by atomic mass is 10.3. The van der Waals surface area contributed by atoms with Crippen LogP contribution < -0.4 is 10.6 Å². The van der Waals surface area contributed by atoms with E-state index in [1.54, 1.807) is 0 Å². The van der Waals surface area contributed by atoms with Crippen LogP contribution in [-0.2, 0) is 4.74 Å². The number of morpholine rings is 1. The van der Waals surface area contributed by atoms with E-state index in [1.165, 1.54) is 5.30 Å². The number of rotatable bonds is 4. The van der Waals surface area contributed by atoms with E-state index >= 15 is 0 Å². The molecule has 0 bridgehead atoms. The first-order chi connectivity index (χ1) is 15.8. The first-order valence-electron chi connectivity index (χ1n) is 11.3. The topological polar surface area (TPSA) is 54.7 Å². The number of hydrogen-bond acceptors (Lipinski definition) is 3. The molecule has 1 aliphatic heterocycles. The van der Waals surface area contributed by atoms with Gasteiger partial charge in [0.15, 0.2) is 5.11 Å². The maximum Gasteiger partial charge on any atom is 0.198 e. The van der Waals surface area contributed by atoms with Crippen molar-refractivity contribution < 1.29 is 4.74 Å². The molecule has 0 radical (unpaired) electrons. The predicted molar refractivity (Wildman–Crippen MR) is 142 cm³/mol. The van der Waals surface area contributed by atoms with Gasteiger partial charge in [0.25, 0.3) is 0 Å². The van der Waals surface area contributed by atoms with Gasteiger partial charge in [-0.1, -0.05) is 69.3 Å². The Morgan fingerprint density at radius 1 is 1.03 bits per heavy atom. The van der Waals surface area contributed by atoms with Gasteiger partial charge in [-0.2, -0.15) is 5.10 Å². The lowest BCUT2D eigenvalue weighted by Crippen LogP contribution is -2.43. The molecule has 6 nitrogen and oxygen atoms in total. The van der Waals surface area contributed by atoms with Crippen molar-refractivity contribution in [3.05, 3.63) is 72.4 Å². The Kier molecular flexibility index (Phi) is 7.15. The number of aromatic nitrogens is 2. The second-order valence-corrected chi connectivity index (χ2v) is 13.3. The number of ether oxygens (including phenoxy) is 1. The first-order valence-corrected chi connectivity index (χ1v) is 13.4. The van der Waals surface area contributed by atoms with E-state index in [0.29, 0.717) is 18.3 Å². The number of nitrogens with zero attached hydrogens (tertiary/aromatic N) is 4. The van der Waals surface area contributed by atoms with E-state index in [2.05, 4.69) is 66.2 Å². The van der Waals surface area contributed by atoms with Crippen LogP contribution in [0.2, 0.25) is 0 Å². The summed E-state index contributed by atoms with van der Waals surface area (Å²) in [7, 11) is -2.24. The summed E-state index contributed by atoms with van der Waals surface area (Å²) in [5.41, 5.74) is 1.89. The molecule has 1 aliphatic rings. The maximum atomic E-state index is 5.89. The van der Waals surface area contributed by atoms with E-state index in [9.17, 15) is 0 Å². The summed E-state index contributed by atoms with van der Waals surface area (Å²) in [6.07, 6.45) is 0. The number of hydrogen-bond donors (Lipinski definition) is 1. The van der Waals surface area contributed by atoms with Crippen LogP contribution in [0.1, 0.15) is 26.5 Å². The van der Waals surface area contributed by atoms with Gasteiger partial charge in [-0.3, -0.25) is 4.67 Å². The summed E-state index contributed by atoms with van der Waals surface area (Å²) in [5.74, 6) is 0.814. The lowest BCUT2D eigenvalue weighted by Gasteiger charge is -2.46. The van der Waals surface area contributed by atoms with Crippen LogP contribution in [-0.4, -0.2) is 51.0 Å². The Morgan fingerprint density at radius 2 is 1.64 bits per heavy atom. The standard InChI is InChI=1S/C25H32N5OPS/c1-20-19-23(30(27-20)21-11-7-5-8-12-21)26-24(33)28-32(25(2,3)4,22-13-9-6-10-14-22)29-15-17-31-18-16-29/h5-14,19H,15-18H2,1-4H3,(H,26,33). The number of para-hydroxylation sites is 1. The smallest absolute Gasteiger partial charge is 0.198 e. The molecule has 1 atom stereocenters. The highest BCUT2D eigenvalue weighted by Crippen LogP contribution is 2.62. The van der Waals surface area contributed by atoms with Crippen LogP contribution in [0.3, 0.4) is 0 Å². The number of anilines is 1. The highest BCUT2D eigenvalue weighted by molar-refractivity contribution is 7.82. The third-order valence-corrected chi connectivity index (χ3v) is 10.7. The third-order valence-electron chi connectivity index (χ3n) is 5.75. The van der Waals surface area contributed by atoms with Crippen molar-refractivity contribution in [2.75, 3.05) is 31.6 Å². The number of nitrogens with one attached hydrogen (secondary N) is 1. The second-order valence-electron chi connectivity index (χ2n) is 9.12. The van der Waals surface area contributed by atoms with Crippen molar-refractivity contribution in [2.45, 2.75) is 32.9 Å². The molecule has 0 saturated carbocycles. The van der Waals surface area contributed by atoms with Crippen molar-refractivity contribution >= 4 is 35.7 Å². The summed E-state index contributed by atoms with van der Waals surface area (Å²) >= 11 is 5.89. The van der Waals surface area contributed by atoms with Crippen LogP contribution in [0.4, 0.5) is 5.82 Å². The Labute approximate surface area is 202 Å². The van der Waals surface area contributed by atoms with Gasteiger partial charge < -0.3 is 10.1 Å². The molecule has 4 rings (SSSR count).